The number of hydrogen-bond donors (Lipinski definition) is 0. The first kappa shape index (κ1) is 8.03. The topological polar surface area (TPSA) is 17.8 Å². The maximum absolute atomic E-state index is 12.8. The molecule has 0 N–H and O–H groups in total. The molecule has 2 nitrogen and oxygen atoms in total. The van der Waals surface area contributed by atoms with E-state index >= 15 is 0 Å². The number of hydrogen-bond acceptors (Lipinski definition) is 1. The van der Waals surface area contributed by atoms with Crippen molar-refractivity contribution in [1.82, 2.24) is 9.77 Å². The number of aromatic nitrogens is 2. The highest BCUT2D eigenvalue weighted by atomic mass is 19.2. The molecule has 0 amide bonds. The van der Waals surface area contributed by atoms with Crippen molar-refractivity contribution in [3.63, 3.8) is 0 Å². The number of fused-ring (bicyclic) bond motifs is 1. The molecule has 1 aromatic heterocycles. The third-order valence-corrected chi connectivity index (χ3v) is 1.63. The fourth-order valence-corrected chi connectivity index (χ4v) is 1.03. The molecule has 13 heavy (non-hydrogen) atoms. The van der Waals surface area contributed by atoms with Gasteiger partial charge in [0.15, 0.2) is 11.6 Å². The van der Waals surface area contributed by atoms with Crippen molar-refractivity contribution in [3.8, 4) is 0 Å². The minimum atomic E-state index is -1.50. The van der Waals surface area contributed by atoms with E-state index in [9.17, 15) is 17.7 Å². The van der Waals surface area contributed by atoms with Crippen LogP contribution in [-0.4, -0.2) is 9.77 Å². The molecule has 1 aromatic carbocycles. The Bertz CT molecular complexity index is 477. The molecule has 2 rings (SSSR count). The SMILES string of the molecule is Fc1ccc2c(nc(F)n2F)c1F. The van der Waals surface area contributed by atoms with Gasteiger partial charge in [-0.3, -0.25) is 0 Å². The summed E-state index contributed by atoms with van der Waals surface area (Å²) < 4.78 is 50.4. The van der Waals surface area contributed by atoms with Gasteiger partial charge in [0.05, 0.1) is 0 Å². The van der Waals surface area contributed by atoms with Gasteiger partial charge in [-0.25, -0.2) is 8.78 Å². The second-order valence-corrected chi connectivity index (χ2v) is 2.39. The Hall–Kier alpha value is -1.59. The minimum Gasteiger partial charge on any atom is -0.204 e. The molecule has 0 spiro atoms. The van der Waals surface area contributed by atoms with E-state index in [4.69, 9.17) is 0 Å². The molecule has 2 aromatic rings. The predicted molar refractivity (Wildman–Crippen MR) is 36.1 cm³/mol. The first-order valence-corrected chi connectivity index (χ1v) is 3.29. The Labute approximate surface area is 69.3 Å². The van der Waals surface area contributed by atoms with Crippen LogP contribution in [0.15, 0.2) is 12.1 Å². The highest BCUT2D eigenvalue weighted by molar-refractivity contribution is 5.75. The van der Waals surface area contributed by atoms with Crippen molar-refractivity contribution in [2.24, 2.45) is 0 Å². The first-order chi connectivity index (χ1) is 6.11. The van der Waals surface area contributed by atoms with Crippen molar-refractivity contribution in [1.29, 1.82) is 0 Å². The Kier molecular flexibility index (Phi) is 1.51. The van der Waals surface area contributed by atoms with Crippen LogP contribution in [-0.2, 0) is 0 Å². The van der Waals surface area contributed by atoms with E-state index in [-0.39, 0.29) is 0 Å². The van der Waals surface area contributed by atoms with Gasteiger partial charge < -0.3 is 0 Å². The van der Waals surface area contributed by atoms with E-state index in [0.717, 1.165) is 6.07 Å². The third kappa shape index (κ3) is 0.980. The van der Waals surface area contributed by atoms with Crippen molar-refractivity contribution in [3.05, 3.63) is 29.8 Å². The molecule has 0 radical (unpaired) electrons. The molecule has 0 aliphatic heterocycles. The summed E-state index contributed by atoms with van der Waals surface area (Å²) in [6, 6.07) is 1.61. The summed E-state index contributed by atoms with van der Waals surface area (Å²) in [6.45, 7) is 0. The summed E-state index contributed by atoms with van der Waals surface area (Å²) in [6.07, 6.45) is -1.50. The monoisotopic (exact) mass is 190 g/mol. The van der Waals surface area contributed by atoms with E-state index in [0.29, 0.717) is 6.07 Å². The zero-order valence-corrected chi connectivity index (χ0v) is 6.06. The molecule has 0 saturated heterocycles. The quantitative estimate of drug-likeness (QED) is 0.582. The molecule has 0 atom stereocenters. The zero-order valence-electron chi connectivity index (χ0n) is 6.06. The van der Waals surface area contributed by atoms with Crippen LogP contribution in [0.1, 0.15) is 0 Å². The first-order valence-electron chi connectivity index (χ1n) is 3.29. The van der Waals surface area contributed by atoms with E-state index in [1.807, 2.05) is 0 Å². The van der Waals surface area contributed by atoms with Crippen LogP contribution in [0.25, 0.3) is 11.0 Å². The van der Waals surface area contributed by atoms with E-state index in [2.05, 4.69) is 4.98 Å². The molecule has 1 heterocycles. The van der Waals surface area contributed by atoms with Crippen LogP contribution in [0.2, 0.25) is 0 Å². The average Bonchev–Trinajstić information content (AvgIpc) is 2.38. The number of imidazole rings is 1. The van der Waals surface area contributed by atoms with Crippen LogP contribution in [0.5, 0.6) is 0 Å². The maximum atomic E-state index is 12.8. The fourth-order valence-electron chi connectivity index (χ4n) is 1.03. The normalized spacial score (nSPS) is 11.1. The van der Waals surface area contributed by atoms with E-state index < -0.39 is 33.5 Å². The lowest BCUT2D eigenvalue weighted by Gasteiger charge is -1.92. The number of halogens is 4. The van der Waals surface area contributed by atoms with Crippen LogP contribution in [0, 0.1) is 17.7 Å². The van der Waals surface area contributed by atoms with Gasteiger partial charge in [-0.1, -0.05) is 4.48 Å². The van der Waals surface area contributed by atoms with Crippen LogP contribution >= 0.6 is 0 Å². The Morgan fingerprint density at radius 1 is 1.15 bits per heavy atom. The summed E-state index contributed by atoms with van der Waals surface area (Å²) in [5, 5.41) is 0. The van der Waals surface area contributed by atoms with Gasteiger partial charge in [0.25, 0.3) is 0 Å². The van der Waals surface area contributed by atoms with Crippen molar-refractivity contribution in [2.45, 2.75) is 0 Å². The third-order valence-electron chi connectivity index (χ3n) is 1.63. The van der Waals surface area contributed by atoms with Crippen LogP contribution < -0.4 is 0 Å². The maximum Gasteiger partial charge on any atom is 0.318 e. The highest BCUT2D eigenvalue weighted by Crippen LogP contribution is 2.20. The summed E-state index contributed by atoms with van der Waals surface area (Å²) in [5.74, 6) is -2.54. The molecular formula is C7H2F4N2. The van der Waals surface area contributed by atoms with Gasteiger partial charge in [-0.2, -0.15) is 9.37 Å². The second kappa shape index (κ2) is 2.45. The highest BCUT2D eigenvalue weighted by Gasteiger charge is 2.16. The zero-order chi connectivity index (χ0) is 9.59. The smallest absolute Gasteiger partial charge is 0.204 e. The van der Waals surface area contributed by atoms with Gasteiger partial charge in [0.1, 0.15) is 11.0 Å². The summed E-state index contributed by atoms with van der Waals surface area (Å²) >= 11 is 0. The molecule has 68 valence electrons. The lowest BCUT2D eigenvalue weighted by atomic mass is 10.3. The molecule has 0 fully saturated rings. The lowest BCUT2D eigenvalue weighted by molar-refractivity contribution is 0.301. The molecule has 0 aliphatic carbocycles. The predicted octanol–water partition coefficient (Wildman–Crippen LogP) is 2.19. The Morgan fingerprint density at radius 2 is 1.85 bits per heavy atom. The largest absolute Gasteiger partial charge is 0.318 e. The van der Waals surface area contributed by atoms with Crippen LogP contribution in [0.4, 0.5) is 17.7 Å². The Balaban J connectivity index is 2.94. The number of nitrogens with zero attached hydrogens (tertiary/aromatic N) is 2. The van der Waals surface area contributed by atoms with Crippen LogP contribution in [0.3, 0.4) is 0 Å². The van der Waals surface area contributed by atoms with Crippen molar-refractivity contribution < 1.29 is 17.7 Å². The summed E-state index contributed by atoms with van der Waals surface area (Å²) in [4.78, 5) is 2.43. The summed E-state index contributed by atoms with van der Waals surface area (Å²) in [7, 11) is 0. The van der Waals surface area contributed by atoms with E-state index in [1.165, 1.54) is 0 Å². The fraction of sp³-hybridized carbons (Fsp3) is 0. The molecule has 0 saturated carbocycles. The number of benzene rings is 1. The molecular weight excluding hydrogens is 188 g/mol. The van der Waals surface area contributed by atoms with Crippen molar-refractivity contribution in [2.75, 3.05) is 0 Å². The van der Waals surface area contributed by atoms with Crippen molar-refractivity contribution >= 4 is 11.0 Å². The minimum absolute atomic E-state index is 0.434. The van der Waals surface area contributed by atoms with Gasteiger partial charge >= 0.3 is 6.08 Å². The van der Waals surface area contributed by atoms with E-state index in [1.54, 1.807) is 0 Å². The lowest BCUT2D eigenvalue weighted by Crippen LogP contribution is -1.87. The van der Waals surface area contributed by atoms with Gasteiger partial charge in [-0.15, -0.1) is 4.79 Å². The second-order valence-electron chi connectivity index (χ2n) is 2.39. The standard InChI is InChI=1S/C7H2F4N2/c8-3-1-2-4-6(5(3)9)12-7(10)13(4)11/h1-2H. The molecule has 0 bridgehead atoms. The summed E-state index contributed by atoms with van der Waals surface area (Å²) in [5.41, 5.74) is -1.09. The number of rotatable bonds is 0. The molecule has 6 heteroatoms. The Morgan fingerprint density at radius 3 is 2.54 bits per heavy atom. The molecule has 0 unspecified atom stereocenters. The average molecular weight is 190 g/mol. The molecule has 0 aliphatic rings. The van der Waals surface area contributed by atoms with Gasteiger partial charge in [0.2, 0.25) is 0 Å². The van der Waals surface area contributed by atoms with Gasteiger partial charge in [-0.05, 0) is 12.1 Å². The van der Waals surface area contributed by atoms with Gasteiger partial charge in [0, 0.05) is 0 Å².